The van der Waals surface area contributed by atoms with Gasteiger partial charge in [-0.25, -0.2) is 5.06 Å². The third-order valence-electron chi connectivity index (χ3n) is 2.76. The van der Waals surface area contributed by atoms with Gasteiger partial charge >= 0.3 is 0 Å². The van der Waals surface area contributed by atoms with Gasteiger partial charge in [0.2, 0.25) is 0 Å². The van der Waals surface area contributed by atoms with E-state index in [1.54, 1.807) is 25.1 Å². The molecule has 0 spiro atoms. The number of carbonyl (C=O) groups is 1. The van der Waals surface area contributed by atoms with Gasteiger partial charge in [0.05, 0.1) is 6.61 Å². The highest BCUT2D eigenvalue weighted by Crippen LogP contribution is 2.21. The van der Waals surface area contributed by atoms with E-state index >= 15 is 0 Å². The van der Waals surface area contributed by atoms with Gasteiger partial charge in [0.25, 0.3) is 5.91 Å². The maximum atomic E-state index is 12.1. The molecule has 1 fully saturated rings. The highest BCUT2D eigenvalue weighted by molar-refractivity contribution is 5.95. The van der Waals surface area contributed by atoms with Crippen molar-refractivity contribution < 1.29 is 14.7 Å². The molecule has 0 aromatic heterocycles. The lowest BCUT2D eigenvalue weighted by molar-refractivity contribution is -0.144. The largest absolute Gasteiger partial charge is 0.508 e. The van der Waals surface area contributed by atoms with E-state index in [1.165, 1.54) is 5.06 Å². The lowest BCUT2D eigenvalue weighted by Crippen LogP contribution is -2.36. The van der Waals surface area contributed by atoms with Crippen LogP contribution in [0.25, 0.3) is 0 Å². The van der Waals surface area contributed by atoms with E-state index in [-0.39, 0.29) is 11.7 Å². The summed E-state index contributed by atoms with van der Waals surface area (Å²) in [4.78, 5) is 17.4. The Bertz CT molecular complexity index is 397. The second-order valence-electron chi connectivity index (χ2n) is 3.90. The first-order chi connectivity index (χ1) is 7.70. The molecule has 16 heavy (non-hydrogen) atoms. The molecular formula is C12H15NO3. The normalized spacial score (nSPS) is 16.2. The monoisotopic (exact) mass is 221 g/mol. The summed E-state index contributed by atoms with van der Waals surface area (Å²) >= 11 is 0. The van der Waals surface area contributed by atoms with Gasteiger partial charge in [0.1, 0.15) is 5.75 Å². The number of aromatic hydroxyl groups is 1. The number of rotatable bonds is 1. The molecule has 1 aromatic rings. The Morgan fingerprint density at radius 2 is 2.25 bits per heavy atom. The maximum Gasteiger partial charge on any atom is 0.277 e. The molecule has 1 aliphatic heterocycles. The zero-order chi connectivity index (χ0) is 11.5. The van der Waals surface area contributed by atoms with E-state index in [4.69, 9.17) is 4.84 Å². The third-order valence-corrected chi connectivity index (χ3v) is 2.76. The summed E-state index contributed by atoms with van der Waals surface area (Å²) in [5.41, 5.74) is 1.10. The fourth-order valence-electron chi connectivity index (χ4n) is 1.75. The van der Waals surface area contributed by atoms with Crippen LogP contribution in [0.15, 0.2) is 18.2 Å². The van der Waals surface area contributed by atoms with Crippen LogP contribution in [0, 0.1) is 6.92 Å². The number of hydrogen-bond acceptors (Lipinski definition) is 3. The van der Waals surface area contributed by atoms with Crippen LogP contribution < -0.4 is 0 Å². The molecule has 86 valence electrons. The van der Waals surface area contributed by atoms with Crippen LogP contribution in [-0.4, -0.2) is 29.2 Å². The number of hydroxylamine groups is 2. The number of phenols is 1. The Balaban J connectivity index is 2.22. The molecule has 1 heterocycles. The quantitative estimate of drug-likeness (QED) is 0.787. The van der Waals surface area contributed by atoms with Crippen LogP contribution >= 0.6 is 0 Å². The second-order valence-corrected chi connectivity index (χ2v) is 3.90. The predicted molar refractivity (Wildman–Crippen MR) is 59.1 cm³/mol. The van der Waals surface area contributed by atoms with Crippen molar-refractivity contribution in [2.24, 2.45) is 0 Å². The number of amides is 1. The van der Waals surface area contributed by atoms with Crippen LogP contribution in [0.1, 0.15) is 28.8 Å². The summed E-state index contributed by atoms with van der Waals surface area (Å²) < 4.78 is 0. The van der Waals surface area contributed by atoms with Gasteiger partial charge in [0, 0.05) is 17.7 Å². The van der Waals surface area contributed by atoms with Crippen molar-refractivity contribution in [3.05, 3.63) is 29.3 Å². The van der Waals surface area contributed by atoms with Gasteiger partial charge in [0.15, 0.2) is 0 Å². The highest BCUT2D eigenvalue weighted by Gasteiger charge is 2.21. The zero-order valence-corrected chi connectivity index (χ0v) is 9.27. The average Bonchev–Trinajstić information content (AvgIpc) is 2.33. The molecule has 4 nitrogen and oxygen atoms in total. The van der Waals surface area contributed by atoms with Gasteiger partial charge in [-0.1, -0.05) is 6.07 Å². The zero-order valence-electron chi connectivity index (χ0n) is 9.27. The summed E-state index contributed by atoms with van der Waals surface area (Å²) in [5.74, 6) is -0.0315. The first-order valence-corrected chi connectivity index (χ1v) is 5.43. The van der Waals surface area contributed by atoms with Crippen molar-refractivity contribution in [3.8, 4) is 5.75 Å². The molecule has 1 aliphatic rings. The molecule has 1 saturated heterocycles. The van der Waals surface area contributed by atoms with Crippen LogP contribution in [0.4, 0.5) is 0 Å². The van der Waals surface area contributed by atoms with E-state index in [2.05, 4.69) is 0 Å². The molecule has 1 aromatic carbocycles. The molecular weight excluding hydrogens is 206 g/mol. The first-order valence-electron chi connectivity index (χ1n) is 5.43. The van der Waals surface area contributed by atoms with Crippen molar-refractivity contribution in [2.45, 2.75) is 19.8 Å². The fourth-order valence-corrected chi connectivity index (χ4v) is 1.75. The van der Waals surface area contributed by atoms with E-state index in [0.29, 0.717) is 24.3 Å². The van der Waals surface area contributed by atoms with E-state index in [9.17, 15) is 9.90 Å². The van der Waals surface area contributed by atoms with Gasteiger partial charge in [-0.05, 0) is 31.9 Å². The summed E-state index contributed by atoms with van der Waals surface area (Å²) in [6.07, 6.45) is 1.95. The Morgan fingerprint density at radius 1 is 1.44 bits per heavy atom. The van der Waals surface area contributed by atoms with E-state index in [0.717, 1.165) is 12.8 Å². The first kappa shape index (κ1) is 11.0. The standard InChI is InChI=1S/C12H15NO3/c1-9-10(5-4-6-11(9)14)12(15)13-7-2-3-8-16-13/h4-6,14H,2-3,7-8H2,1H3. The molecule has 4 heteroatoms. The summed E-state index contributed by atoms with van der Waals surface area (Å²) in [5, 5.41) is 10.9. The average molecular weight is 221 g/mol. The lowest BCUT2D eigenvalue weighted by atomic mass is 10.1. The minimum atomic E-state index is -0.173. The van der Waals surface area contributed by atoms with Crippen molar-refractivity contribution in [1.82, 2.24) is 5.06 Å². The van der Waals surface area contributed by atoms with Crippen molar-refractivity contribution in [2.75, 3.05) is 13.2 Å². The molecule has 2 rings (SSSR count). The minimum Gasteiger partial charge on any atom is -0.508 e. The molecule has 1 N–H and O–H groups in total. The van der Waals surface area contributed by atoms with Gasteiger partial charge < -0.3 is 5.11 Å². The lowest BCUT2D eigenvalue weighted by Gasteiger charge is -2.26. The van der Waals surface area contributed by atoms with Crippen LogP contribution in [0.2, 0.25) is 0 Å². The molecule has 0 unspecified atom stereocenters. The maximum absolute atomic E-state index is 12.1. The Labute approximate surface area is 94.4 Å². The Hall–Kier alpha value is -1.55. The van der Waals surface area contributed by atoms with Crippen molar-refractivity contribution in [3.63, 3.8) is 0 Å². The fraction of sp³-hybridized carbons (Fsp3) is 0.417. The minimum absolute atomic E-state index is 0.142. The van der Waals surface area contributed by atoms with Crippen molar-refractivity contribution in [1.29, 1.82) is 0 Å². The van der Waals surface area contributed by atoms with Gasteiger partial charge in [-0.15, -0.1) is 0 Å². The SMILES string of the molecule is Cc1c(O)cccc1C(=O)N1CCCCO1. The van der Waals surface area contributed by atoms with Gasteiger partial charge in [-0.3, -0.25) is 9.63 Å². The highest BCUT2D eigenvalue weighted by atomic mass is 16.7. The van der Waals surface area contributed by atoms with Gasteiger partial charge in [-0.2, -0.15) is 0 Å². The Kier molecular flexibility index (Phi) is 3.10. The Morgan fingerprint density at radius 3 is 2.94 bits per heavy atom. The topological polar surface area (TPSA) is 49.8 Å². The van der Waals surface area contributed by atoms with E-state index < -0.39 is 0 Å². The van der Waals surface area contributed by atoms with Crippen molar-refractivity contribution >= 4 is 5.91 Å². The summed E-state index contributed by atoms with van der Waals surface area (Å²) in [6.45, 7) is 2.93. The summed E-state index contributed by atoms with van der Waals surface area (Å²) in [7, 11) is 0. The third kappa shape index (κ3) is 2.02. The number of benzene rings is 1. The number of carbonyl (C=O) groups excluding carboxylic acids is 1. The molecule has 1 amide bonds. The molecule has 0 aliphatic carbocycles. The molecule has 0 radical (unpaired) electrons. The predicted octanol–water partition coefficient (Wildman–Crippen LogP) is 1.87. The number of hydrogen-bond donors (Lipinski definition) is 1. The van der Waals surface area contributed by atoms with Crippen LogP contribution in [-0.2, 0) is 4.84 Å². The number of nitrogens with zero attached hydrogens (tertiary/aromatic N) is 1. The van der Waals surface area contributed by atoms with Crippen LogP contribution in [0.3, 0.4) is 0 Å². The smallest absolute Gasteiger partial charge is 0.277 e. The second kappa shape index (κ2) is 4.53. The van der Waals surface area contributed by atoms with E-state index in [1.807, 2.05) is 0 Å². The molecule has 0 saturated carbocycles. The van der Waals surface area contributed by atoms with Crippen LogP contribution in [0.5, 0.6) is 5.75 Å². The molecule has 0 atom stereocenters. The summed E-state index contributed by atoms with van der Waals surface area (Å²) in [6, 6.07) is 4.94. The number of phenolic OH excluding ortho intramolecular Hbond substituents is 1. The molecule has 0 bridgehead atoms.